The van der Waals surface area contributed by atoms with Gasteiger partial charge in [0.15, 0.2) is 0 Å². The van der Waals surface area contributed by atoms with Crippen molar-refractivity contribution in [3.05, 3.63) is 64.4 Å². The minimum atomic E-state index is -4.67. The van der Waals surface area contributed by atoms with Crippen molar-refractivity contribution in [2.24, 2.45) is 0 Å². The Morgan fingerprint density at radius 2 is 1.72 bits per heavy atom. The summed E-state index contributed by atoms with van der Waals surface area (Å²) in [6.07, 6.45) is -1.04. The fraction of sp³-hybridized carbons (Fsp3) is 0.467. The van der Waals surface area contributed by atoms with Gasteiger partial charge >= 0.3 is 12.2 Å². The zero-order valence-corrected chi connectivity index (χ0v) is 25.3. The topological polar surface area (TPSA) is 115 Å². The second-order valence-corrected chi connectivity index (χ2v) is 12.8. The van der Waals surface area contributed by atoms with E-state index in [0.717, 1.165) is 12.8 Å². The van der Waals surface area contributed by atoms with Crippen LogP contribution in [0.5, 0.6) is 0 Å². The van der Waals surface area contributed by atoms with Crippen LogP contribution in [0, 0.1) is 0 Å². The molecule has 3 aromatic rings. The summed E-state index contributed by atoms with van der Waals surface area (Å²) in [4.78, 5) is 29.1. The number of H-pyrrole nitrogens is 1. The van der Waals surface area contributed by atoms with Crippen LogP contribution in [0.25, 0.3) is 10.9 Å². The molecule has 2 aromatic carbocycles. The first kappa shape index (κ1) is 32.3. The van der Waals surface area contributed by atoms with Crippen molar-refractivity contribution in [2.45, 2.75) is 76.0 Å². The number of hydrogen-bond donors (Lipinski definition) is 3. The Labute approximate surface area is 249 Å². The minimum absolute atomic E-state index is 0.0106. The molecule has 2 atom stereocenters. The van der Waals surface area contributed by atoms with Gasteiger partial charge < -0.3 is 20.5 Å². The van der Waals surface area contributed by atoms with Gasteiger partial charge in [-0.05, 0) is 81.5 Å². The van der Waals surface area contributed by atoms with E-state index in [1.165, 1.54) is 28.6 Å². The van der Waals surface area contributed by atoms with E-state index >= 15 is 0 Å². The number of halogens is 3. The summed E-state index contributed by atoms with van der Waals surface area (Å²) in [7, 11) is -3.62. The molecule has 0 aliphatic carbocycles. The number of urea groups is 1. The number of fused-ring (bicyclic) bond motifs is 1. The van der Waals surface area contributed by atoms with Gasteiger partial charge in [0.2, 0.25) is 15.6 Å². The summed E-state index contributed by atoms with van der Waals surface area (Å²) in [5.74, 6) is 0. The molecule has 0 unspecified atom stereocenters. The number of carbonyl (C=O) groups is 1. The molecule has 1 aliphatic heterocycles. The fourth-order valence-electron chi connectivity index (χ4n) is 5.70. The molecule has 1 aliphatic rings. The van der Waals surface area contributed by atoms with E-state index in [9.17, 15) is 31.2 Å². The average molecular weight is 622 g/mol. The number of nitrogens with one attached hydrogen (secondary N) is 3. The number of sulfonamides is 1. The highest BCUT2D eigenvalue weighted by molar-refractivity contribution is 7.89. The first-order valence-corrected chi connectivity index (χ1v) is 16.0. The Morgan fingerprint density at radius 3 is 2.35 bits per heavy atom. The maximum atomic E-state index is 13.7. The van der Waals surface area contributed by atoms with Gasteiger partial charge in [-0.3, -0.25) is 4.79 Å². The number of aromatic amines is 1. The van der Waals surface area contributed by atoms with Crippen molar-refractivity contribution in [3.8, 4) is 0 Å². The molecule has 0 saturated carbocycles. The predicted octanol–water partition coefficient (Wildman–Crippen LogP) is 5.93. The van der Waals surface area contributed by atoms with Gasteiger partial charge in [0.05, 0.1) is 10.5 Å². The zero-order valence-electron chi connectivity index (χ0n) is 24.5. The monoisotopic (exact) mass is 621 g/mol. The fourth-order valence-corrected chi connectivity index (χ4v) is 7.32. The molecule has 0 radical (unpaired) electrons. The van der Waals surface area contributed by atoms with Crippen molar-refractivity contribution >= 4 is 38.3 Å². The van der Waals surface area contributed by atoms with E-state index in [1.54, 1.807) is 18.2 Å². The van der Waals surface area contributed by atoms with Crippen molar-refractivity contribution < 1.29 is 26.4 Å². The van der Waals surface area contributed by atoms with Gasteiger partial charge in [-0.2, -0.15) is 17.5 Å². The van der Waals surface area contributed by atoms with Gasteiger partial charge in [-0.15, -0.1) is 0 Å². The molecule has 1 aromatic heterocycles. The van der Waals surface area contributed by atoms with E-state index in [1.807, 2.05) is 20.8 Å². The SMILES string of the molecule is CCCN(CCC)S(=O)(=O)c1ccc(NC(=O)NCC[C@H]2CC[C@@H](C)N2c2ccc3[nH]c(=O)cc(C(F)(F)F)c3c2)cc1. The lowest BCUT2D eigenvalue weighted by atomic mass is 10.1. The summed E-state index contributed by atoms with van der Waals surface area (Å²) < 4.78 is 68.4. The number of hydrogen-bond acceptors (Lipinski definition) is 5. The van der Waals surface area contributed by atoms with E-state index in [2.05, 4.69) is 20.5 Å². The molecule has 4 rings (SSSR count). The third-order valence-corrected chi connectivity index (χ3v) is 9.59. The number of aromatic nitrogens is 1. The predicted molar refractivity (Wildman–Crippen MR) is 162 cm³/mol. The summed E-state index contributed by atoms with van der Waals surface area (Å²) in [5.41, 5.74) is -0.596. The maximum Gasteiger partial charge on any atom is 0.417 e. The van der Waals surface area contributed by atoms with Crippen LogP contribution in [0.2, 0.25) is 0 Å². The smallest absolute Gasteiger partial charge is 0.366 e. The molecule has 1 fully saturated rings. The molecule has 1 saturated heterocycles. The van der Waals surface area contributed by atoms with Gasteiger partial charge in [-0.1, -0.05) is 13.8 Å². The van der Waals surface area contributed by atoms with Crippen molar-refractivity contribution in [2.75, 3.05) is 29.9 Å². The molecule has 9 nitrogen and oxygen atoms in total. The van der Waals surface area contributed by atoms with Crippen LogP contribution in [0.4, 0.5) is 29.3 Å². The van der Waals surface area contributed by atoms with E-state index in [0.29, 0.717) is 56.3 Å². The number of benzene rings is 2. The van der Waals surface area contributed by atoms with Crippen LogP contribution in [0.1, 0.15) is 58.4 Å². The molecule has 2 heterocycles. The standard InChI is InChI=1S/C30H38F3N5O4S/c1-4-16-37(17-5-2)43(41,42)24-11-7-21(8-12-24)35-29(40)34-15-14-22-9-6-20(3)38(22)23-10-13-27-25(18-23)26(30(31,32)33)19-28(39)36-27/h7-8,10-13,18-20,22H,4-6,9,14-17H2,1-3H3,(H,36,39)(H2,34,35,40)/t20-,22-/m1/s1. The Balaban J connectivity index is 1.38. The number of rotatable bonds is 11. The van der Waals surface area contributed by atoms with Gasteiger partial charge in [0, 0.05) is 60.1 Å². The van der Waals surface area contributed by atoms with Gasteiger partial charge in [-0.25, -0.2) is 13.2 Å². The third kappa shape index (κ3) is 7.50. The summed E-state index contributed by atoms with van der Waals surface area (Å²) in [6.45, 7) is 7.06. The van der Waals surface area contributed by atoms with Crippen LogP contribution >= 0.6 is 0 Å². The van der Waals surface area contributed by atoms with Crippen LogP contribution in [0.15, 0.2) is 58.2 Å². The van der Waals surface area contributed by atoms with Crippen LogP contribution in [-0.2, 0) is 16.2 Å². The Hall–Kier alpha value is -3.58. The highest BCUT2D eigenvalue weighted by Gasteiger charge is 2.35. The minimum Gasteiger partial charge on any atom is -0.366 e. The van der Waals surface area contributed by atoms with E-state index in [4.69, 9.17) is 0 Å². The molecular weight excluding hydrogens is 583 g/mol. The zero-order chi connectivity index (χ0) is 31.4. The number of nitrogens with zero attached hydrogens (tertiary/aromatic N) is 2. The first-order valence-electron chi connectivity index (χ1n) is 14.5. The Kier molecular flexibility index (Phi) is 10.1. The molecule has 3 N–H and O–H groups in total. The highest BCUT2D eigenvalue weighted by atomic mass is 32.2. The first-order chi connectivity index (χ1) is 20.3. The lowest BCUT2D eigenvalue weighted by molar-refractivity contribution is -0.136. The van der Waals surface area contributed by atoms with E-state index < -0.39 is 33.4 Å². The Morgan fingerprint density at radius 1 is 1.05 bits per heavy atom. The highest BCUT2D eigenvalue weighted by Crippen LogP contribution is 2.37. The van der Waals surface area contributed by atoms with Crippen LogP contribution in [-0.4, -0.2) is 55.5 Å². The summed E-state index contributed by atoms with van der Waals surface area (Å²) in [5, 5.41) is 5.46. The normalized spacial score (nSPS) is 17.5. The molecular formula is C30H38F3N5O4S. The van der Waals surface area contributed by atoms with Crippen molar-refractivity contribution in [1.82, 2.24) is 14.6 Å². The third-order valence-electron chi connectivity index (χ3n) is 7.68. The molecule has 43 heavy (non-hydrogen) atoms. The summed E-state index contributed by atoms with van der Waals surface area (Å²) >= 11 is 0. The number of amides is 2. The molecule has 0 spiro atoms. The average Bonchev–Trinajstić information content (AvgIpc) is 3.31. The molecule has 234 valence electrons. The lowest BCUT2D eigenvalue weighted by Crippen LogP contribution is -2.38. The van der Waals surface area contributed by atoms with E-state index in [-0.39, 0.29) is 27.9 Å². The van der Waals surface area contributed by atoms with Crippen molar-refractivity contribution in [1.29, 1.82) is 0 Å². The van der Waals surface area contributed by atoms with Crippen molar-refractivity contribution in [3.63, 3.8) is 0 Å². The molecule has 0 bridgehead atoms. The second kappa shape index (κ2) is 13.4. The van der Waals surface area contributed by atoms with Crippen LogP contribution < -0.4 is 21.1 Å². The molecule has 13 heteroatoms. The lowest BCUT2D eigenvalue weighted by Gasteiger charge is -2.31. The largest absolute Gasteiger partial charge is 0.417 e. The Bertz CT molecular complexity index is 1590. The van der Waals surface area contributed by atoms with Crippen LogP contribution in [0.3, 0.4) is 0 Å². The number of anilines is 2. The quantitative estimate of drug-likeness (QED) is 0.246. The number of carbonyl (C=O) groups excluding carboxylic acids is 1. The van der Waals surface area contributed by atoms with Gasteiger partial charge in [0.25, 0.3) is 0 Å². The van der Waals surface area contributed by atoms with Gasteiger partial charge in [0.1, 0.15) is 0 Å². The summed E-state index contributed by atoms with van der Waals surface area (Å²) in [6, 6.07) is 10.9. The number of alkyl halides is 3. The molecule has 2 amide bonds. The second-order valence-electron chi connectivity index (χ2n) is 10.9. The maximum absolute atomic E-state index is 13.7. The number of pyridine rings is 1.